The molecule has 0 amide bonds. The van der Waals surface area contributed by atoms with Gasteiger partial charge < -0.3 is 10.1 Å². The second-order valence-electron chi connectivity index (χ2n) is 6.70. The van der Waals surface area contributed by atoms with Crippen molar-refractivity contribution in [2.24, 2.45) is 17.8 Å². The van der Waals surface area contributed by atoms with Crippen LogP contribution in [-0.4, -0.2) is 25.8 Å². The highest BCUT2D eigenvalue weighted by atomic mass is 16.5. The number of nitrogens with one attached hydrogen (secondary N) is 1. The molecule has 3 unspecified atom stereocenters. The third-order valence-corrected chi connectivity index (χ3v) is 4.91. The van der Waals surface area contributed by atoms with Crippen molar-refractivity contribution in [1.29, 1.82) is 0 Å². The average Bonchev–Trinajstić information content (AvgIpc) is 2.63. The van der Waals surface area contributed by atoms with Crippen LogP contribution in [0.4, 0.5) is 0 Å². The Balaban J connectivity index is 1.66. The van der Waals surface area contributed by atoms with Crippen molar-refractivity contribution >= 4 is 0 Å². The number of hydrogen-bond donors (Lipinski definition) is 1. The predicted octanol–water partition coefficient (Wildman–Crippen LogP) is 3.61. The molecule has 2 nitrogen and oxygen atoms in total. The number of rotatable bonds is 4. The largest absolute Gasteiger partial charge is 0.381 e. The third kappa shape index (κ3) is 4.55. The number of ether oxygens (including phenoxy) is 1. The van der Waals surface area contributed by atoms with E-state index < -0.39 is 0 Å². The van der Waals surface area contributed by atoms with Gasteiger partial charge in [0, 0.05) is 19.2 Å². The first-order valence-electron chi connectivity index (χ1n) is 8.07. The van der Waals surface area contributed by atoms with E-state index >= 15 is 0 Å². The molecule has 0 aromatic heterocycles. The Labute approximate surface area is 113 Å². The Hall–Kier alpha value is -0.0800. The summed E-state index contributed by atoms with van der Waals surface area (Å²) in [5.41, 5.74) is 0. The molecule has 2 fully saturated rings. The molecule has 0 aromatic rings. The van der Waals surface area contributed by atoms with E-state index in [9.17, 15) is 0 Å². The fourth-order valence-corrected chi connectivity index (χ4v) is 3.50. The van der Waals surface area contributed by atoms with Gasteiger partial charge in [0.15, 0.2) is 0 Å². The maximum atomic E-state index is 5.56. The number of hydrogen-bond acceptors (Lipinski definition) is 2. The van der Waals surface area contributed by atoms with Gasteiger partial charge in [0.05, 0.1) is 6.61 Å². The van der Waals surface area contributed by atoms with Gasteiger partial charge in [-0.1, -0.05) is 26.7 Å². The molecule has 1 aliphatic heterocycles. The van der Waals surface area contributed by atoms with Gasteiger partial charge in [-0.3, -0.25) is 0 Å². The molecule has 0 aromatic carbocycles. The van der Waals surface area contributed by atoms with Crippen LogP contribution in [0.2, 0.25) is 0 Å². The standard InChI is InChI=1S/C16H31NO/c1-13(2)15-6-3-7-16(9-8-15)17-11-14-5-4-10-18-12-14/h13-17H,3-12H2,1-2H3. The van der Waals surface area contributed by atoms with Crippen molar-refractivity contribution in [3.05, 3.63) is 0 Å². The van der Waals surface area contributed by atoms with E-state index in [0.717, 1.165) is 37.0 Å². The van der Waals surface area contributed by atoms with Crippen LogP contribution in [0.15, 0.2) is 0 Å². The molecular formula is C16H31NO. The van der Waals surface area contributed by atoms with Crippen molar-refractivity contribution in [2.45, 2.75) is 64.8 Å². The van der Waals surface area contributed by atoms with E-state index in [2.05, 4.69) is 19.2 Å². The monoisotopic (exact) mass is 253 g/mol. The summed E-state index contributed by atoms with van der Waals surface area (Å²) in [4.78, 5) is 0. The summed E-state index contributed by atoms with van der Waals surface area (Å²) in [6.45, 7) is 7.91. The first-order valence-corrected chi connectivity index (χ1v) is 8.07. The van der Waals surface area contributed by atoms with Crippen LogP contribution in [0.1, 0.15) is 58.8 Å². The van der Waals surface area contributed by atoms with E-state index in [1.807, 2.05) is 0 Å². The molecule has 1 saturated heterocycles. The Morgan fingerprint density at radius 3 is 2.67 bits per heavy atom. The molecule has 0 bridgehead atoms. The Morgan fingerprint density at radius 2 is 1.94 bits per heavy atom. The van der Waals surface area contributed by atoms with Crippen LogP contribution in [0.3, 0.4) is 0 Å². The summed E-state index contributed by atoms with van der Waals surface area (Å²) >= 11 is 0. The van der Waals surface area contributed by atoms with Gasteiger partial charge in [-0.15, -0.1) is 0 Å². The fraction of sp³-hybridized carbons (Fsp3) is 1.00. The van der Waals surface area contributed by atoms with Crippen LogP contribution in [-0.2, 0) is 4.74 Å². The second-order valence-corrected chi connectivity index (χ2v) is 6.70. The first kappa shape index (κ1) is 14.3. The summed E-state index contributed by atoms with van der Waals surface area (Å²) in [6, 6.07) is 0.774. The van der Waals surface area contributed by atoms with Crippen LogP contribution < -0.4 is 5.32 Å². The van der Waals surface area contributed by atoms with E-state index in [0.29, 0.717) is 0 Å². The van der Waals surface area contributed by atoms with E-state index in [1.54, 1.807) is 0 Å². The Bertz CT molecular complexity index is 223. The third-order valence-electron chi connectivity index (χ3n) is 4.91. The molecule has 2 rings (SSSR count). The van der Waals surface area contributed by atoms with Crippen molar-refractivity contribution < 1.29 is 4.74 Å². The minimum atomic E-state index is 0.767. The zero-order chi connectivity index (χ0) is 12.8. The average molecular weight is 253 g/mol. The predicted molar refractivity (Wildman–Crippen MR) is 76.7 cm³/mol. The van der Waals surface area contributed by atoms with E-state index in [-0.39, 0.29) is 0 Å². The molecule has 1 aliphatic carbocycles. The smallest absolute Gasteiger partial charge is 0.0506 e. The SMILES string of the molecule is CC(C)C1CCCC(NCC2CCCOC2)CC1. The van der Waals surface area contributed by atoms with Gasteiger partial charge >= 0.3 is 0 Å². The zero-order valence-electron chi connectivity index (χ0n) is 12.3. The van der Waals surface area contributed by atoms with Crippen molar-refractivity contribution in [2.75, 3.05) is 19.8 Å². The summed E-state index contributed by atoms with van der Waals surface area (Å²) in [7, 11) is 0. The van der Waals surface area contributed by atoms with Crippen molar-refractivity contribution in [1.82, 2.24) is 5.32 Å². The van der Waals surface area contributed by atoms with Gasteiger partial charge in [0.2, 0.25) is 0 Å². The molecule has 0 radical (unpaired) electrons. The normalized spacial score (nSPS) is 34.5. The molecule has 1 saturated carbocycles. The molecule has 1 N–H and O–H groups in total. The molecule has 18 heavy (non-hydrogen) atoms. The molecular weight excluding hydrogens is 222 g/mol. The highest BCUT2D eigenvalue weighted by molar-refractivity contribution is 4.78. The lowest BCUT2D eigenvalue weighted by Crippen LogP contribution is -2.36. The van der Waals surface area contributed by atoms with Gasteiger partial charge in [-0.05, 0) is 49.9 Å². The highest BCUT2D eigenvalue weighted by Crippen LogP contribution is 2.29. The van der Waals surface area contributed by atoms with Gasteiger partial charge in [0.1, 0.15) is 0 Å². The highest BCUT2D eigenvalue weighted by Gasteiger charge is 2.22. The molecule has 3 atom stereocenters. The lowest BCUT2D eigenvalue weighted by atomic mass is 9.89. The zero-order valence-corrected chi connectivity index (χ0v) is 12.3. The Kier molecular flexibility index (Phi) is 5.97. The lowest BCUT2D eigenvalue weighted by molar-refractivity contribution is 0.0536. The molecule has 106 valence electrons. The molecule has 0 spiro atoms. The minimum Gasteiger partial charge on any atom is -0.381 e. The summed E-state index contributed by atoms with van der Waals surface area (Å²) < 4.78 is 5.56. The quantitative estimate of drug-likeness (QED) is 0.773. The van der Waals surface area contributed by atoms with Crippen LogP contribution in [0.25, 0.3) is 0 Å². The molecule has 2 aliphatic rings. The van der Waals surface area contributed by atoms with E-state index in [4.69, 9.17) is 4.74 Å². The van der Waals surface area contributed by atoms with Crippen LogP contribution in [0.5, 0.6) is 0 Å². The van der Waals surface area contributed by atoms with E-state index in [1.165, 1.54) is 51.5 Å². The minimum absolute atomic E-state index is 0.767. The summed E-state index contributed by atoms with van der Waals surface area (Å²) in [5, 5.41) is 3.81. The molecule has 1 heterocycles. The maximum absolute atomic E-state index is 5.56. The van der Waals surface area contributed by atoms with Crippen molar-refractivity contribution in [3.63, 3.8) is 0 Å². The second kappa shape index (κ2) is 7.49. The van der Waals surface area contributed by atoms with Crippen LogP contribution >= 0.6 is 0 Å². The fourth-order valence-electron chi connectivity index (χ4n) is 3.50. The lowest BCUT2D eigenvalue weighted by Gasteiger charge is -2.25. The van der Waals surface area contributed by atoms with Gasteiger partial charge in [0.25, 0.3) is 0 Å². The van der Waals surface area contributed by atoms with Gasteiger partial charge in [-0.25, -0.2) is 0 Å². The molecule has 2 heteroatoms. The first-order chi connectivity index (χ1) is 8.75. The summed E-state index contributed by atoms with van der Waals surface area (Å²) in [6.07, 6.45) is 9.68. The van der Waals surface area contributed by atoms with Crippen molar-refractivity contribution in [3.8, 4) is 0 Å². The summed E-state index contributed by atoms with van der Waals surface area (Å²) in [5.74, 6) is 2.60. The maximum Gasteiger partial charge on any atom is 0.0506 e. The Morgan fingerprint density at radius 1 is 1.06 bits per heavy atom. The van der Waals surface area contributed by atoms with Gasteiger partial charge in [-0.2, -0.15) is 0 Å². The van der Waals surface area contributed by atoms with Crippen LogP contribution in [0, 0.1) is 17.8 Å². The topological polar surface area (TPSA) is 21.3 Å².